The van der Waals surface area contributed by atoms with E-state index in [1.165, 1.54) is 7.11 Å². The summed E-state index contributed by atoms with van der Waals surface area (Å²) in [5, 5.41) is 3.04. The van der Waals surface area contributed by atoms with Crippen molar-refractivity contribution in [2.45, 2.75) is 79.7 Å². The quantitative estimate of drug-likeness (QED) is 0.194. The van der Waals surface area contributed by atoms with Crippen LogP contribution in [-0.2, 0) is 35.1 Å². The number of nitrogens with one attached hydrogen (secondary N) is 1. The van der Waals surface area contributed by atoms with Gasteiger partial charge >= 0.3 is 23.9 Å². The fourth-order valence-electron chi connectivity index (χ4n) is 3.53. The lowest BCUT2D eigenvalue weighted by Gasteiger charge is -2.19. The van der Waals surface area contributed by atoms with Crippen LogP contribution >= 0.6 is 0 Å². The molecule has 1 rings (SSSR count). The Morgan fingerprint density at radius 3 is 1.89 bits per heavy atom. The van der Waals surface area contributed by atoms with Gasteiger partial charge in [0.15, 0.2) is 11.5 Å². The summed E-state index contributed by atoms with van der Waals surface area (Å²) in [6.45, 7) is 11.4. The highest BCUT2D eigenvalue weighted by Crippen LogP contribution is 2.31. The first-order valence-electron chi connectivity index (χ1n) is 13.1. The van der Waals surface area contributed by atoms with E-state index >= 15 is 0 Å². The van der Waals surface area contributed by atoms with Gasteiger partial charge in [0.2, 0.25) is 0 Å². The highest BCUT2D eigenvalue weighted by atomic mass is 16.6. The summed E-state index contributed by atoms with van der Waals surface area (Å²) in [7, 11) is 1.29. The molecule has 37 heavy (non-hydrogen) atoms. The molecular weight excluding hydrogens is 478 g/mol. The lowest BCUT2D eigenvalue weighted by atomic mass is 10.0. The first-order valence-corrected chi connectivity index (χ1v) is 13.1. The largest absolute Gasteiger partial charge is 0.468 e. The third-order valence-corrected chi connectivity index (χ3v) is 5.81. The molecule has 1 aromatic rings. The van der Waals surface area contributed by atoms with Crippen LogP contribution in [0.15, 0.2) is 18.2 Å². The second kappa shape index (κ2) is 16.7. The number of methoxy groups -OCH3 is 1. The van der Waals surface area contributed by atoms with Crippen molar-refractivity contribution < 1.29 is 38.1 Å². The zero-order valence-electron chi connectivity index (χ0n) is 23.3. The van der Waals surface area contributed by atoms with Crippen molar-refractivity contribution in [2.24, 2.45) is 17.8 Å². The Morgan fingerprint density at radius 2 is 1.38 bits per heavy atom. The summed E-state index contributed by atoms with van der Waals surface area (Å²) in [6.07, 6.45) is 3.21. The molecule has 0 heterocycles. The topological polar surface area (TPSA) is 117 Å². The van der Waals surface area contributed by atoms with Crippen LogP contribution in [0.3, 0.4) is 0 Å². The molecule has 0 bridgehead atoms. The van der Waals surface area contributed by atoms with Gasteiger partial charge in [0.25, 0.3) is 0 Å². The molecule has 1 aromatic carbocycles. The lowest BCUT2D eigenvalue weighted by Crippen LogP contribution is -2.41. The highest BCUT2D eigenvalue weighted by Gasteiger charge is 2.24. The number of hydrogen-bond donors (Lipinski definition) is 1. The molecule has 0 fully saturated rings. The van der Waals surface area contributed by atoms with Gasteiger partial charge in [-0.25, -0.2) is 0 Å². The lowest BCUT2D eigenvalue weighted by molar-refractivity contribution is -0.147. The molecule has 2 unspecified atom stereocenters. The number of carbonyl (C=O) groups excluding carboxylic acids is 4. The van der Waals surface area contributed by atoms with Gasteiger partial charge in [-0.3, -0.25) is 19.2 Å². The van der Waals surface area contributed by atoms with Gasteiger partial charge in [-0.15, -0.1) is 0 Å². The Kier molecular flexibility index (Phi) is 14.5. The van der Waals surface area contributed by atoms with Crippen molar-refractivity contribution in [3.05, 3.63) is 23.8 Å². The van der Waals surface area contributed by atoms with E-state index in [0.717, 1.165) is 12.8 Å². The van der Waals surface area contributed by atoms with E-state index in [4.69, 9.17) is 18.9 Å². The number of ether oxygens (including phenoxy) is 4. The van der Waals surface area contributed by atoms with Crippen molar-refractivity contribution in [1.82, 2.24) is 5.32 Å². The van der Waals surface area contributed by atoms with Gasteiger partial charge in [0.1, 0.15) is 12.6 Å². The van der Waals surface area contributed by atoms with Gasteiger partial charge in [-0.1, -0.05) is 60.5 Å². The van der Waals surface area contributed by atoms with Gasteiger partial charge in [-0.2, -0.15) is 0 Å². The Labute approximate surface area is 220 Å². The minimum Gasteiger partial charge on any atom is -0.468 e. The number of benzene rings is 1. The predicted octanol–water partition coefficient (Wildman–Crippen LogP) is 4.24. The fraction of sp³-hybridized carbons (Fsp3) is 0.643. The third-order valence-electron chi connectivity index (χ3n) is 5.81. The summed E-state index contributed by atoms with van der Waals surface area (Å²) in [4.78, 5) is 49.2. The van der Waals surface area contributed by atoms with E-state index in [9.17, 15) is 19.2 Å². The normalized spacial score (nSPS) is 13.4. The van der Waals surface area contributed by atoms with Crippen LogP contribution in [0.4, 0.5) is 0 Å². The Balaban J connectivity index is 3.10. The van der Waals surface area contributed by atoms with Crippen molar-refractivity contribution in [3.8, 4) is 11.5 Å². The summed E-state index contributed by atoms with van der Waals surface area (Å²) in [5.41, 5.74) is 0.662. The maximum absolute atomic E-state index is 12.7. The maximum atomic E-state index is 12.7. The molecule has 9 heteroatoms. The Hall–Kier alpha value is -2.94. The smallest absolute Gasteiger partial charge is 0.323 e. The summed E-state index contributed by atoms with van der Waals surface area (Å²) in [5.74, 6) is -2.23. The molecule has 0 aliphatic carbocycles. The van der Waals surface area contributed by atoms with Crippen LogP contribution in [0.25, 0.3) is 0 Å². The SMILES string of the molecule is CCCC(C)C(=O)Oc1ccc(C[C@H](NCCOC(=O)C(C)C)C(=O)OC)cc1OC(=O)C(C)CCC. The van der Waals surface area contributed by atoms with Crippen LogP contribution in [0.1, 0.15) is 72.8 Å². The molecule has 0 aliphatic heterocycles. The van der Waals surface area contributed by atoms with Crippen molar-refractivity contribution in [1.29, 1.82) is 0 Å². The monoisotopic (exact) mass is 521 g/mol. The molecule has 0 aliphatic rings. The number of rotatable bonds is 16. The minimum absolute atomic E-state index is 0.105. The average Bonchev–Trinajstić information content (AvgIpc) is 2.86. The second-order valence-corrected chi connectivity index (χ2v) is 9.56. The van der Waals surface area contributed by atoms with Gasteiger partial charge in [-0.05, 0) is 37.0 Å². The van der Waals surface area contributed by atoms with Crippen molar-refractivity contribution in [2.75, 3.05) is 20.3 Å². The van der Waals surface area contributed by atoms with E-state index in [1.807, 2.05) is 13.8 Å². The standard InChI is InChI=1S/C28H43NO8/c1-8-10-19(5)26(31)36-23-13-12-21(17-24(23)37-27(32)20(6)11-9-2)16-22(28(33)34-7)29-14-15-35-25(30)18(3)4/h12-13,17-20,22,29H,8-11,14-16H2,1-7H3/t19?,20?,22-/m0/s1. The average molecular weight is 522 g/mol. The molecule has 9 nitrogen and oxygen atoms in total. The molecule has 3 atom stereocenters. The minimum atomic E-state index is -0.733. The Bertz CT molecular complexity index is 898. The summed E-state index contributed by atoms with van der Waals surface area (Å²) in [6, 6.07) is 4.14. The number of esters is 4. The van der Waals surface area contributed by atoms with E-state index in [0.29, 0.717) is 18.4 Å². The van der Waals surface area contributed by atoms with E-state index < -0.39 is 23.9 Å². The fourth-order valence-corrected chi connectivity index (χ4v) is 3.53. The first-order chi connectivity index (χ1) is 17.5. The van der Waals surface area contributed by atoms with Gasteiger partial charge in [0, 0.05) is 6.54 Å². The third kappa shape index (κ3) is 11.3. The molecule has 0 aromatic heterocycles. The van der Waals surface area contributed by atoms with Gasteiger partial charge < -0.3 is 24.3 Å². The van der Waals surface area contributed by atoms with Crippen molar-refractivity contribution >= 4 is 23.9 Å². The van der Waals surface area contributed by atoms with Crippen LogP contribution in [0.2, 0.25) is 0 Å². The van der Waals surface area contributed by atoms with E-state index in [2.05, 4.69) is 5.32 Å². The van der Waals surface area contributed by atoms with E-state index in [-0.39, 0.29) is 54.8 Å². The van der Waals surface area contributed by atoms with Gasteiger partial charge in [0.05, 0.1) is 24.9 Å². The van der Waals surface area contributed by atoms with Crippen LogP contribution in [0.5, 0.6) is 11.5 Å². The first kappa shape index (κ1) is 32.1. The zero-order valence-corrected chi connectivity index (χ0v) is 23.3. The second-order valence-electron chi connectivity index (χ2n) is 9.56. The van der Waals surface area contributed by atoms with E-state index in [1.54, 1.807) is 45.9 Å². The maximum Gasteiger partial charge on any atom is 0.323 e. The molecule has 0 radical (unpaired) electrons. The zero-order chi connectivity index (χ0) is 28.0. The highest BCUT2D eigenvalue weighted by molar-refractivity contribution is 5.79. The van der Waals surface area contributed by atoms with Crippen LogP contribution < -0.4 is 14.8 Å². The Morgan fingerprint density at radius 1 is 0.811 bits per heavy atom. The summed E-state index contributed by atoms with van der Waals surface area (Å²) >= 11 is 0. The molecule has 0 amide bonds. The van der Waals surface area contributed by atoms with Crippen LogP contribution in [0, 0.1) is 17.8 Å². The van der Waals surface area contributed by atoms with Crippen LogP contribution in [-0.4, -0.2) is 50.2 Å². The molecule has 0 saturated carbocycles. The van der Waals surface area contributed by atoms with Crippen molar-refractivity contribution in [3.63, 3.8) is 0 Å². The molecule has 0 spiro atoms. The summed E-state index contributed by atoms with van der Waals surface area (Å²) < 4.78 is 21.3. The molecular formula is C28H43NO8. The number of hydrogen-bond acceptors (Lipinski definition) is 9. The number of carbonyl (C=O) groups is 4. The molecule has 0 saturated heterocycles. The molecule has 1 N–H and O–H groups in total. The predicted molar refractivity (Wildman–Crippen MR) is 139 cm³/mol. The molecule has 208 valence electrons.